The predicted molar refractivity (Wildman–Crippen MR) is 122 cm³/mol. The number of benzene rings is 2. The predicted octanol–water partition coefficient (Wildman–Crippen LogP) is 3.64. The van der Waals surface area contributed by atoms with Crippen LogP contribution < -0.4 is 19.9 Å². The van der Waals surface area contributed by atoms with Crippen molar-refractivity contribution in [2.45, 2.75) is 6.92 Å². The molecule has 10 heteroatoms. The number of rotatable bonds is 9. The lowest BCUT2D eigenvalue weighted by Gasteiger charge is -2.13. The first kappa shape index (κ1) is 23.5. The van der Waals surface area contributed by atoms with Crippen LogP contribution in [-0.4, -0.2) is 48.8 Å². The molecule has 0 spiro atoms. The van der Waals surface area contributed by atoms with Gasteiger partial charge in [-0.05, 0) is 54.6 Å². The zero-order chi connectivity index (χ0) is 23.3. The average Bonchev–Trinajstić information content (AvgIpc) is 3.01. The van der Waals surface area contributed by atoms with Gasteiger partial charge in [-0.3, -0.25) is 19.3 Å². The molecule has 1 saturated heterocycles. The molecule has 1 fully saturated rings. The van der Waals surface area contributed by atoms with Gasteiger partial charge >= 0.3 is 0 Å². The molecule has 0 atom stereocenters. The number of aryl methyl sites for hydroxylation is 1. The maximum Gasteiger partial charge on any atom is 0.293 e. The first-order valence-corrected chi connectivity index (χ1v) is 10.7. The van der Waals surface area contributed by atoms with Crippen LogP contribution in [-0.2, 0) is 9.59 Å². The topological polar surface area (TPSA) is 108 Å². The summed E-state index contributed by atoms with van der Waals surface area (Å²) in [5, 5.41) is -0.212. The van der Waals surface area contributed by atoms with Gasteiger partial charge in [0.15, 0.2) is 18.1 Å². The van der Waals surface area contributed by atoms with Gasteiger partial charge < -0.3 is 19.9 Å². The third-order valence-corrected chi connectivity index (χ3v) is 5.57. The summed E-state index contributed by atoms with van der Waals surface area (Å²) in [6.45, 7) is 1.92. The lowest BCUT2D eigenvalue weighted by atomic mass is 10.1. The van der Waals surface area contributed by atoms with Gasteiger partial charge in [0, 0.05) is 0 Å². The highest BCUT2D eigenvalue weighted by Crippen LogP contribution is 2.38. The van der Waals surface area contributed by atoms with Gasteiger partial charge in [0.2, 0.25) is 0 Å². The molecule has 0 bridgehead atoms. The lowest BCUT2D eigenvalue weighted by molar-refractivity contribution is -0.123. The number of hydrogen-bond donors (Lipinski definition) is 1. The number of nitrogens with zero attached hydrogens (tertiary/aromatic N) is 1. The number of methoxy groups -OCH3 is 1. The van der Waals surface area contributed by atoms with Gasteiger partial charge in [-0.2, -0.15) is 0 Å². The Morgan fingerprint density at radius 2 is 1.91 bits per heavy atom. The SMILES string of the molecule is COc1cc(/C=C2\SC(=O)N(CCOc3ccc(C)cc3)C2=O)cc(Cl)c1OCC(N)=O. The fourth-order valence-corrected chi connectivity index (χ4v) is 3.98. The van der Waals surface area contributed by atoms with Crippen LogP contribution in [0, 0.1) is 6.92 Å². The molecule has 0 aromatic heterocycles. The number of thioether (sulfide) groups is 1. The van der Waals surface area contributed by atoms with Crippen molar-refractivity contribution >= 4 is 46.5 Å². The lowest BCUT2D eigenvalue weighted by Crippen LogP contribution is -2.32. The maximum absolute atomic E-state index is 12.7. The molecule has 32 heavy (non-hydrogen) atoms. The maximum atomic E-state index is 12.7. The van der Waals surface area contributed by atoms with Gasteiger partial charge in [0.25, 0.3) is 17.1 Å². The van der Waals surface area contributed by atoms with Crippen LogP contribution in [0.25, 0.3) is 6.08 Å². The summed E-state index contributed by atoms with van der Waals surface area (Å²) in [7, 11) is 1.41. The zero-order valence-corrected chi connectivity index (χ0v) is 19.0. The Labute approximate surface area is 194 Å². The summed E-state index contributed by atoms with van der Waals surface area (Å²) < 4.78 is 16.2. The third-order valence-electron chi connectivity index (χ3n) is 4.39. The second-order valence-electron chi connectivity index (χ2n) is 6.78. The molecule has 1 aliphatic heterocycles. The molecule has 3 rings (SSSR count). The van der Waals surface area contributed by atoms with E-state index in [-0.39, 0.29) is 46.4 Å². The summed E-state index contributed by atoms with van der Waals surface area (Å²) in [4.78, 5) is 37.4. The molecular weight excluding hydrogens is 456 g/mol. The van der Waals surface area contributed by atoms with Crippen molar-refractivity contribution in [3.05, 3.63) is 57.5 Å². The Bertz CT molecular complexity index is 1070. The first-order valence-electron chi connectivity index (χ1n) is 9.52. The van der Waals surface area contributed by atoms with E-state index in [0.717, 1.165) is 22.2 Å². The van der Waals surface area contributed by atoms with Crippen LogP contribution >= 0.6 is 23.4 Å². The highest BCUT2D eigenvalue weighted by molar-refractivity contribution is 8.18. The summed E-state index contributed by atoms with van der Waals surface area (Å²) >= 11 is 7.07. The molecule has 2 aromatic carbocycles. The second-order valence-corrected chi connectivity index (χ2v) is 8.18. The Hall–Kier alpha value is -3.17. The highest BCUT2D eigenvalue weighted by atomic mass is 35.5. The summed E-state index contributed by atoms with van der Waals surface area (Å²) in [6, 6.07) is 10.6. The Kier molecular flexibility index (Phi) is 7.66. The number of hydrogen-bond acceptors (Lipinski definition) is 7. The van der Waals surface area contributed by atoms with E-state index in [1.165, 1.54) is 19.3 Å². The molecule has 0 radical (unpaired) electrons. The molecule has 0 unspecified atom stereocenters. The van der Waals surface area contributed by atoms with Crippen molar-refractivity contribution in [3.63, 3.8) is 0 Å². The van der Waals surface area contributed by atoms with E-state index in [4.69, 9.17) is 31.5 Å². The van der Waals surface area contributed by atoms with Crippen LogP contribution in [0.2, 0.25) is 5.02 Å². The van der Waals surface area contributed by atoms with Gasteiger partial charge in [-0.1, -0.05) is 29.3 Å². The summed E-state index contributed by atoms with van der Waals surface area (Å²) in [5.74, 6) is 0.00424. The minimum absolute atomic E-state index is 0.125. The van der Waals surface area contributed by atoms with Crippen LogP contribution in [0.1, 0.15) is 11.1 Å². The molecular formula is C22H21ClN2O6S. The molecule has 1 aliphatic rings. The summed E-state index contributed by atoms with van der Waals surface area (Å²) in [5.41, 5.74) is 6.73. The number of ether oxygens (including phenoxy) is 3. The molecule has 0 saturated carbocycles. The Morgan fingerprint density at radius 3 is 2.56 bits per heavy atom. The van der Waals surface area contributed by atoms with Gasteiger partial charge in [-0.15, -0.1) is 0 Å². The van der Waals surface area contributed by atoms with E-state index < -0.39 is 11.8 Å². The van der Waals surface area contributed by atoms with E-state index in [1.807, 2.05) is 31.2 Å². The molecule has 1 heterocycles. The second kappa shape index (κ2) is 10.4. The molecule has 168 valence electrons. The van der Waals surface area contributed by atoms with Crippen LogP contribution in [0.5, 0.6) is 17.2 Å². The number of amides is 3. The number of imide groups is 1. The minimum atomic E-state index is -0.660. The van der Waals surface area contributed by atoms with Crippen LogP contribution in [0.15, 0.2) is 41.3 Å². The van der Waals surface area contributed by atoms with E-state index in [0.29, 0.717) is 11.3 Å². The number of carbonyl (C=O) groups excluding carboxylic acids is 3. The Balaban J connectivity index is 1.70. The normalized spacial score (nSPS) is 14.7. The minimum Gasteiger partial charge on any atom is -0.493 e. The molecule has 2 N–H and O–H groups in total. The van der Waals surface area contributed by atoms with E-state index >= 15 is 0 Å². The zero-order valence-electron chi connectivity index (χ0n) is 17.4. The first-order chi connectivity index (χ1) is 15.3. The smallest absolute Gasteiger partial charge is 0.293 e. The van der Waals surface area contributed by atoms with Crippen molar-refractivity contribution < 1.29 is 28.6 Å². The van der Waals surface area contributed by atoms with Crippen molar-refractivity contribution in [2.75, 3.05) is 26.9 Å². The fraction of sp³-hybridized carbons (Fsp3) is 0.227. The van der Waals surface area contributed by atoms with Crippen LogP contribution in [0.4, 0.5) is 4.79 Å². The molecule has 3 amide bonds. The molecule has 8 nitrogen and oxygen atoms in total. The van der Waals surface area contributed by atoms with Crippen molar-refractivity contribution in [2.24, 2.45) is 5.73 Å². The number of primary amides is 1. The number of nitrogens with two attached hydrogens (primary N) is 1. The van der Waals surface area contributed by atoms with Gasteiger partial charge in [0.05, 0.1) is 23.6 Å². The van der Waals surface area contributed by atoms with E-state index in [9.17, 15) is 14.4 Å². The number of halogens is 1. The highest BCUT2D eigenvalue weighted by Gasteiger charge is 2.35. The summed E-state index contributed by atoms with van der Waals surface area (Å²) in [6.07, 6.45) is 1.54. The van der Waals surface area contributed by atoms with Gasteiger partial charge in [-0.25, -0.2) is 0 Å². The van der Waals surface area contributed by atoms with Crippen LogP contribution in [0.3, 0.4) is 0 Å². The van der Waals surface area contributed by atoms with Gasteiger partial charge in [0.1, 0.15) is 12.4 Å². The quantitative estimate of drug-likeness (QED) is 0.550. The third kappa shape index (κ3) is 5.74. The molecule has 0 aliphatic carbocycles. The van der Waals surface area contributed by atoms with Crippen molar-refractivity contribution in [1.29, 1.82) is 0 Å². The fourth-order valence-electron chi connectivity index (χ4n) is 2.84. The largest absolute Gasteiger partial charge is 0.493 e. The Morgan fingerprint density at radius 1 is 1.19 bits per heavy atom. The monoisotopic (exact) mass is 476 g/mol. The van der Waals surface area contributed by atoms with Crippen molar-refractivity contribution in [1.82, 2.24) is 4.90 Å². The molecule has 2 aromatic rings. The average molecular weight is 477 g/mol. The number of carbonyl (C=O) groups is 3. The van der Waals surface area contributed by atoms with E-state index in [1.54, 1.807) is 6.07 Å². The standard InChI is InChI=1S/C22H21ClN2O6S/c1-13-3-5-15(6-4-13)30-8-7-25-21(27)18(32-22(25)28)11-14-9-16(23)20(17(10-14)29-2)31-12-19(24)26/h3-6,9-11H,7-8,12H2,1-2H3,(H2,24,26)/b18-11-. The van der Waals surface area contributed by atoms with Crippen molar-refractivity contribution in [3.8, 4) is 17.2 Å². The van der Waals surface area contributed by atoms with E-state index in [2.05, 4.69) is 0 Å².